The highest BCUT2D eigenvalue weighted by molar-refractivity contribution is 9.10. The summed E-state index contributed by atoms with van der Waals surface area (Å²) in [6, 6.07) is 9.67. The predicted octanol–water partition coefficient (Wildman–Crippen LogP) is 3.23. The number of hydrogen-bond acceptors (Lipinski definition) is 5. The van der Waals surface area contributed by atoms with Crippen LogP contribution in [0.3, 0.4) is 0 Å². The number of aromatic nitrogens is 1. The average molecular weight is 390 g/mol. The van der Waals surface area contributed by atoms with E-state index < -0.39 is 5.60 Å². The van der Waals surface area contributed by atoms with Gasteiger partial charge in [0.2, 0.25) is 0 Å². The molecule has 2 rings (SSSR count). The molecule has 0 bridgehead atoms. The molecule has 0 radical (unpaired) electrons. The van der Waals surface area contributed by atoms with Gasteiger partial charge in [0.05, 0.1) is 5.56 Å². The molecule has 0 saturated heterocycles. The second-order valence-corrected chi connectivity index (χ2v) is 6.93. The average Bonchev–Trinajstić information content (AvgIpc) is 2.50. The molecule has 0 unspecified atom stereocenters. The molecule has 7 heteroatoms. The molecule has 1 aromatic carbocycles. The number of rotatable bonds is 3. The molecule has 2 aromatic rings. The van der Waals surface area contributed by atoms with E-state index in [2.05, 4.69) is 21.1 Å². The van der Waals surface area contributed by atoms with Gasteiger partial charge >= 0.3 is 0 Å². The topological polar surface area (TPSA) is 92.5 Å². The van der Waals surface area contributed by atoms with Crippen molar-refractivity contribution in [1.82, 2.24) is 0 Å². The highest BCUT2D eigenvalue weighted by atomic mass is 79.9. The van der Waals surface area contributed by atoms with Crippen LogP contribution in [0.1, 0.15) is 37.6 Å². The summed E-state index contributed by atoms with van der Waals surface area (Å²) >= 11 is 3.33. The number of aromatic hydroxyl groups is 1. The summed E-state index contributed by atoms with van der Waals surface area (Å²) in [6.07, 6.45) is 1.26. The molecular formula is C17H16BrN3O3. The van der Waals surface area contributed by atoms with Crippen molar-refractivity contribution in [3.05, 3.63) is 63.0 Å². The second kappa shape index (κ2) is 6.89. The summed E-state index contributed by atoms with van der Waals surface area (Å²) in [4.78, 5) is 5.45. The Hall–Kier alpha value is -2.59. The van der Waals surface area contributed by atoms with Crippen LogP contribution in [0.5, 0.6) is 5.75 Å². The molecule has 0 saturated carbocycles. The molecule has 1 heterocycles. The van der Waals surface area contributed by atoms with Crippen LogP contribution in [0.25, 0.3) is 0 Å². The maximum Gasteiger partial charge on any atom is 0.264 e. The number of halogens is 1. The summed E-state index contributed by atoms with van der Waals surface area (Å²) in [6.45, 7) is 5.41. The van der Waals surface area contributed by atoms with E-state index >= 15 is 0 Å². The normalized spacial score (nSPS) is 11.9. The third-order valence-corrected chi connectivity index (χ3v) is 3.42. The Labute approximate surface area is 148 Å². The molecule has 1 N–H and O–H groups in total. The van der Waals surface area contributed by atoms with Gasteiger partial charge in [0.25, 0.3) is 5.69 Å². The standard InChI is InChI=1S/C17H16BrN3O3/c1-17(2,3)24-20-15(13-9-12(18)6-7-14(13)22)16-11(10-19)5-4-8-21(16)23/h4-9,22H,1-3H3. The number of nitrogens with zero attached hydrogens (tertiary/aromatic N) is 3. The number of benzene rings is 1. The first-order valence-electron chi connectivity index (χ1n) is 7.10. The van der Waals surface area contributed by atoms with Gasteiger partial charge in [-0.05, 0) is 45.0 Å². The Kier molecular flexibility index (Phi) is 5.10. The minimum absolute atomic E-state index is 0.0117. The Balaban J connectivity index is 2.75. The van der Waals surface area contributed by atoms with Gasteiger partial charge in [-0.3, -0.25) is 0 Å². The monoisotopic (exact) mass is 389 g/mol. The van der Waals surface area contributed by atoms with Crippen molar-refractivity contribution >= 4 is 21.6 Å². The van der Waals surface area contributed by atoms with Crippen LogP contribution in [-0.4, -0.2) is 16.4 Å². The zero-order valence-electron chi connectivity index (χ0n) is 13.4. The lowest BCUT2D eigenvalue weighted by Crippen LogP contribution is -2.36. The first-order valence-corrected chi connectivity index (χ1v) is 7.90. The van der Waals surface area contributed by atoms with Crippen molar-refractivity contribution in [1.29, 1.82) is 5.26 Å². The summed E-state index contributed by atoms with van der Waals surface area (Å²) < 4.78 is 1.22. The van der Waals surface area contributed by atoms with E-state index in [4.69, 9.17) is 4.84 Å². The molecule has 0 amide bonds. The van der Waals surface area contributed by atoms with Gasteiger partial charge < -0.3 is 15.2 Å². The fourth-order valence-electron chi connectivity index (χ4n) is 1.91. The minimum Gasteiger partial charge on any atom is -0.618 e. The van der Waals surface area contributed by atoms with Gasteiger partial charge in [-0.2, -0.15) is 9.99 Å². The van der Waals surface area contributed by atoms with Crippen LogP contribution in [0.15, 0.2) is 46.2 Å². The fraction of sp³-hybridized carbons (Fsp3) is 0.235. The number of phenols is 1. The van der Waals surface area contributed by atoms with E-state index in [0.717, 1.165) is 0 Å². The number of nitriles is 1. The Morgan fingerprint density at radius 3 is 2.71 bits per heavy atom. The molecular weight excluding hydrogens is 374 g/mol. The summed E-state index contributed by atoms with van der Waals surface area (Å²) in [5.41, 5.74) is -0.111. The van der Waals surface area contributed by atoms with Gasteiger partial charge in [-0.1, -0.05) is 21.1 Å². The smallest absolute Gasteiger partial charge is 0.264 e. The predicted molar refractivity (Wildman–Crippen MR) is 92.4 cm³/mol. The second-order valence-electron chi connectivity index (χ2n) is 6.01. The van der Waals surface area contributed by atoms with Crippen molar-refractivity contribution < 1.29 is 14.7 Å². The highest BCUT2D eigenvalue weighted by Crippen LogP contribution is 2.26. The molecule has 0 aliphatic heterocycles. The first-order chi connectivity index (χ1) is 11.2. The van der Waals surface area contributed by atoms with E-state index in [1.54, 1.807) is 32.9 Å². The van der Waals surface area contributed by atoms with Crippen molar-refractivity contribution in [3.8, 4) is 11.8 Å². The molecule has 0 fully saturated rings. The number of pyridine rings is 1. The fourth-order valence-corrected chi connectivity index (χ4v) is 2.27. The summed E-state index contributed by atoms with van der Waals surface area (Å²) in [7, 11) is 0. The van der Waals surface area contributed by atoms with Crippen LogP contribution in [0.2, 0.25) is 0 Å². The zero-order chi connectivity index (χ0) is 17.9. The molecule has 0 spiro atoms. The van der Waals surface area contributed by atoms with Crippen LogP contribution in [-0.2, 0) is 4.84 Å². The largest absolute Gasteiger partial charge is 0.618 e. The maximum atomic E-state index is 12.3. The van der Waals surface area contributed by atoms with Gasteiger partial charge in [-0.25, -0.2) is 0 Å². The number of oxime groups is 1. The van der Waals surface area contributed by atoms with E-state index in [9.17, 15) is 15.6 Å². The molecule has 6 nitrogen and oxygen atoms in total. The molecule has 1 aromatic heterocycles. The lowest BCUT2D eigenvalue weighted by Gasteiger charge is -2.17. The highest BCUT2D eigenvalue weighted by Gasteiger charge is 2.26. The summed E-state index contributed by atoms with van der Waals surface area (Å²) in [5, 5.41) is 35.9. The maximum absolute atomic E-state index is 12.3. The van der Waals surface area contributed by atoms with E-state index in [1.165, 1.54) is 24.4 Å². The Morgan fingerprint density at radius 1 is 1.38 bits per heavy atom. The van der Waals surface area contributed by atoms with E-state index in [0.29, 0.717) is 9.20 Å². The quantitative estimate of drug-likeness (QED) is 0.377. The van der Waals surface area contributed by atoms with Crippen molar-refractivity contribution in [2.24, 2.45) is 5.16 Å². The van der Waals surface area contributed by atoms with Gasteiger partial charge in [0.15, 0.2) is 11.9 Å². The van der Waals surface area contributed by atoms with Gasteiger partial charge in [-0.15, -0.1) is 0 Å². The van der Waals surface area contributed by atoms with Crippen LogP contribution in [0, 0.1) is 16.5 Å². The van der Waals surface area contributed by atoms with Crippen LogP contribution in [0.4, 0.5) is 0 Å². The lowest BCUT2D eigenvalue weighted by molar-refractivity contribution is -0.607. The van der Waals surface area contributed by atoms with Gasteiger partial charge in [0, 0.05) is 10.5 Å². The lowest BCUT2D eigenvalue weighted by atomic mass is 10.0. The summed E-state index contributed by atoms with van der Waals surface area (Å²) in [5.74, 6) is -0.0813. The Morgan fingerprint density at radius 2 is 2.08 bits per heavy atom. The van der Waals surface area contributed by atoms with Crippen LogP contribution >= 0.6 is 15.9 Å². The first kappa shape index (κ1) is 17.8. The van der Waals surface area contributed by atoms with Crippen LogP contribution < -0.4 is 4.73 Å². The molecule has 0 atom stereocenters. The SMILES string of the molecule is CC(C)(C)ON=C(c1cc(Br)ccc1O)c1c(C#N)ccc[n+]1[O-]. The van der Waals surface area contributed by atoms with Crippen molar-refractivity contribution in [2.45, 2.75) is 26.4 Å². The Bertz CT molecular complexity index is 836. The molecule has 0 aliphatic carbocycles. The van der Waals surface area contributed by atoms with Crippen molar-refractivity contribution in [2.75, 3.05) is 0 Å². The van der Waals surface area contributed by atoms with E-state index in [-0.39, 0.29) is 28.3 Å². The van der Waals surface area contributed by atoms with Crippen molar-refractivity contribution in [3.63, 3.8) is 0 Å². The van der Waals surface area contributed by atoms with Gasteiger partial charge in [0.1, 0.15) is 23.0 Å². The number of hydrogen-bond donors (Lipinski definition) is 1. The third kappa shape index (κ3) is 4.03. The molecule has 24 heavy (non-hydrogen) atoms. The molecule has 0 aliphatic rings. The van der Waals surface area contributed by atoms with E-state index in [1.807, 2.05) is 6.07 Å². The zero-order valence-corrected chi connectivity index (χ0v) is 15.0. The minimum atomic E-state index is -0.609. The third-order valence-electron chi connectivity index (χ3n) is 2.93. The number of phenolic OH excluding ortho intramolecular Hbond substituents is 1. The molecule has 124 valence electrons.